The number of likely N-dealkylation sites (tertiary alicyclic amines) is 1. The zero-order valence-corrected chi connectivity index (χ0v) is 10.3. The van der Waals surface area contributed by atoms with Crippen molar-refractivity contribution in [1.29, 1.82) is 0 Å². The summed E-state index contributed by atoms with van der Waals surface area (Å²) in [5, 5.41) is 8.82. The molecule has 1 saturated heterocycles. The maximum atomic E-state index is 12.1. The highest BCUT2D eigenvalue weighted by Gasteiger charge is 2.27. The maximum Gasteiger partial charge on any atom is 0.407 e. The largest absolute Gasteiger partial charge is 0.472 e. The quantitative estimate of drug-likeness (QED) is 0.869. The highest BCUT2D eigenvalue weighted by Crippen LogP contribution is 2.24. The van der Waals surface area contributed by atoms with Crippen LogP contribution in [0.15, 0.2) is 12.1 Å². The van der Waals surface area contributed by atoms with Crippen LogP contribution in [0.1, 0.15) is 6.42 Å². The van der Waals surface area contributed by atoms with Gasteiger partial charge in [-0.1, -0.05) is 0 Å². The van der Waals surface area contributed by atoms with Crippen molar-refractivity contribution in [3.8, 4) is 11.6 Å². The predicted octanol–water partition coefficient (Wildman–Crippen LogP) is 1.40. The van der Waals surface area contributed by atoms with Crippen LogP contribution in [0.5, 0.6) is 11.6 Å². The minimum absolute atomic E-state index is 0.0220. The third-order valence-corrected chi connectivity index (χ3v) is 2.72. The van der Waals surface area contributed by atoms with Gasteiger partial charge in [-0.25, -0.2) is 4.79 Å². The lowest BCUT2D eigenvalue weighted by Gasteiger charge is -2.15. The van der Waals surface area contributed by atoms with Crippen LogP contribution in [0.4, 0.5) is 19.4 Å². The number of aromatic nitrogens is 1. The summed E-state index contributed by atoms with van der Waals surface area (Å²) in [6.45, 7) is -2.43. The summed E-state index contributed by atoms with van der Waals surface area (Å²) in [6.07, 6.45) is -0.925. The normalized spacial score (nSPS) is 18.4. The number of nitrogens with zero attached hydrogens (tertiary/aromatic N) is 2. The lowest BCUT2D eigenvalue weighted by molar-refractivity contribution is -0.0499. The number of pyridine rings is 1. The Hall–Kier alpha value is -2.32. The molecule has 1 aliphatic rings. The number of nitrogens with two attached hydrogens (primary N) is 1. The number of anilines is 1. The molecule has 9 heteroatoms. The summed E-state index contributed by atoms with van der Waals surface area (Å²) >= 11 is 0. The average Bonchev–Trinajstić information content (AvgIpc) is 2.75. The monoisotopic (exact) mass is 289 g/mol. The molecule has 1 aliphatic heterocycles. The smallest absolute Gasteiger partial charge is 0.407 e. The molecule has 1 amide bonds. The summed E-state index contributed by atoms with van der Waals surface area (Å²) in [5.41, 5.74) is 5.46. The number of carboxylic acid groups (broad SMARTS) is 1. The van der Waals surface area contributed by atoms with E-state index in [1.54, 1.807) is 0 Å². The number of alkyl halides is 2. The molecule has 1 unspecified atom stereocenters. The lowest BCUT2D eigenvalue weighted by atomic mass is 10.3. The molecule has 0 spiro atoms. The standard InChI is InChI=1S/C11H13F2N3O4/c12-10(13)20-7-3-8(14)15-9(4-7)19-6-1-2-16(5-6)11(17)18/h3-4,6,10H,1-2,5H2,(H2,14,15)(H,17,18). The van der Waals surface area contributed by atoms with Crippen LogP contribution in [-0.2, 0) is 0 Å². The Labute approximate surface area is 112 Å². The molecule has 110 valence electrons. The van der Waals surface area contributed by atoms with Gasteiger partial charge in [0, 0.05) is 25.1 Å². The van der Waals surface area contributed by atoms with Gasteiger partial charge in [-0.2, -0.15) is 13.8 Å². The van der Waals surface area contributed by atoms with Crippen LogP contribution in [0.2, 0.25) is 0 Å². The fraction of sp³-hybridized carbons (Fsp3) is 0.455. The van der Waals surface area contributed by atoms with Crippen LogP contribution in [0, 0.1) is 0 Å². The van der Waals surface area contributed by atoms with Gasteiger partial charge in [0.05, 0.1) is 6.54 Å². The van der Waals surface area contributed by atoms with Crippen molar-refractivity contribution < 1.29 is 28.2 Å². The second-order valence-corrected chi connectivity index (χ2v) is 4.20. The van der Waals surface area contributed by atoms with Crippen molar-refractivity contribution in [2.45, 2.75) is 19.1 Å². The first-order valence-electron chi connectivity index (χ1n) is 5.81. The molecular formula is C11H13F2N3O4. The molecule has 0 aliphatic carbocycles. The highest BCUT2D eigenvalue weighted by molar-refractivity contribution is 5.65. The minimum Gasteiger partial charge on any atom is -0.472 e. The molecule has 0 saturated carbocycles. The van der Waals surface area contributed by atoms with E-state index in [4.69, 9.17) is 15.6 Å². The number of carbonyl (C=O) groups is 1. The molecular weight excluding hydrogens is 276 g/mol. The Kier molecular flexibility index (Phi) is 4.06. The van der Waals surface area contributed by atoms with E-state index in [2.05, 4.69) is 9.72 Å². The maximum absolute atomic E-state index is 12.1. The molecule has 0 aromatic carbocycles. The second kappa shape index (κ2) is 5.76. The van der Waals surface area contributed by atoms with E-state index in [1.807, 2.05) is 0 Å². The van der Waals surface area contributed by atoms with Crippen molar-refractivity contribution in [3.63, 3.8) is 0 Å². The number of rotatable bonds is 4. The van der Waals surface area contributed by atoms with Gasteiger partial charge in [0.15, 0.2) is 0 Å². The zero-order valence-electron chi connectivity index (χ0n) is 10.3. The lowest BCUT2D eigenvalue weighted by Crippen LogP contribution is -2.29. The Balaban J connectivity index is 2.02. The Morgan fingerprint density at radius 1 is 1.55 bits per heavy atom. The summed E-state index contributed by atoms with van der Waals surface area (Å²) in [7, 11) is 0. The first-order chi connectivity index (χ1) is 9.44. The number of halogens is 2. The summed E-state index contributed by atoms with van der Waals surface area (Å²) < 4.78 is 33.9. The van der Waals surface area contributed by atoms with Gasteiger partial charge >= 0.3 is 12.7 Å². The van der Waals surface area contributed by atoms with Crippen molar-refractivity contribution in [2.75, 3.05) is 18.8 Å². The van der Waals surface area contributed by atoms with E-state index in [9.17, 15) is 13.6 Å². The van der Waals surface area contributed by atoms with Crippen molar-refractivity contribution in [3.05, 3.63) is 12.1 Å². The van der Waals surface area contributed by atoms with Crippen LogP contribution in [-0.4, -0.2) is 46.9 Å². The molecule has 0 bridgehead atoms. The first-order valence-corrected chi connectivity index (χ1v) is 5.81. The highest BCUT2D eigenvalue weighted by atomic mass is 19.3. The number of ether oxygens (including phenoxy) is 2. The van der Waals surface area contributed by atoms with Gasteiger partial charge in [0.2, 0.25) is 5.88 Å². The summed E-state index contributed by atoms with van der Waals surface area (Å²) in [5.74, 6) is -0.153. The third kappa shape index (κ3) is 3.59. The number of amides is 1. The Morgan fingerprint density at radius 3 is 2.90 bits per heavy atom. The molecule has 3 N–H and O–H groups in total. The van der Waals surface area contributed by atoms with E-state index in [0.717, 1.165) is 6.07 Å². The number of nitrogen functional groups attached to an aromatic ring is 1. The van der Waals surface area contributed by atoms with Crippen LogP contribution >= 0.6 is 0 Å². The molecule has 2 rings (SSSR count). The molecule has 1 aromatic heterocycles. The molecule has 2 heterocycles. The summed E-state index contributed by atoms with van der Waals surface area (Å²) in [6, 6.07) is 2.34. The number of hydrogen-bond donors (Lipinski definition) is 2. The summed E-state index contributed by atoms with van der Waals surface area (Å²) in [4.78, 5) is 15.8. The average molecular weight is 289 g/mol. The van der Waals surface area contributed by atoms with E-state index in [0.29, 0.717) is 13.0 Å². The predicted molar refractivity (Wildman–Crippen MR) is 63.9 cm³/mol. The SMILES string of the molecule is Nc1cc(OC(F)F)cc(OC2CCN(C(=O)O)C2)n1. The van der Waals surface area contributed by atoms with Crippen LogP contribution in [0.25, 0.3) is 0 Å². The van der Waals surface area contributed by atoms with Crippen molar-refractivity contribution in [1.82, 2.24) is 9.88 Å². The fourth-order valence-corrected chi connectivity index (χ4v) is 1.90. The Bertz CT molecular complexity index is 501. The molecule has 0 radical (unpaired) electrons. The first kappa shape index (κ1) is 14.1. The molecule has 1 atom stereocenters. The van der Waals surface area contributed by atoms with Crippen LogP contribution < -0.4 is 15.2 Å². The minimum atomic E-state index is -2.97. The van der Waals surface area contributed by atoms with E-state index in [-0.39, 0.29) is 30.1 Å². The molecule has 20 heavy (non-hydrogen) atoms. The van der Waals surface area contributed by atoms with Gasteiger partial charge in [-0.3, -0.25) is 0 Å². The van der Waals surface area contributed by atoms with Gasteiger partial charge in [-0.05, 0) is 0 Å². The third-order valence-electron chi connectivity index (χ3n) is 2.72. The topological polar surface area (TPSA) is 97.9 Å². The van der Waals surface area contributed by atoms with Crippen molar-refractivity contribution >= 4 is 11.9 Å². The van der Waals surface area contributed by atoms with Gasteiger partial charge in [-0.15, -0.1) is 0 Å². The van der Waals surface area contributed by atoms with E-state index < -0.39 is 12.7 Å². The molecule has 1 fully saturated rings. The van der Waals surface area contributed by atoms with Gasteiger partial charge < -0.3 is 25.2 Å². The second-order valence-electron chi connectivity index (χ2n) is 4.20. The Morgan fingerprint density at radius 2 is 2.30 bits per heavy atom. The fourth-order valence-electron chi connectivity index (χ4n) is 1.90. The van der Waals surface area contributed by atoms with Gasteiger partial charge in [0.1, 0.15) is 17.7 Å². The number of hydrogen-bond acceptors (Lipinski definition) is 5. The van der Waals surface area contributed by atoms with E-state index >= 15 is 0 Å². The molecule has 1 aromatic rings. The molecule has 7 nitrogen and oxygen atoms in total. The van der Waals surface area contributed by atoms with Gasteiger partial charge in [0.25, 0.3) is 0 Å². The van der Waals surface area contributed by atoms with Crippen molar-refractivity contribution in [2.24, 2.45) is 0 Å². The zero-order chi connectivity index (χ0) is 14.7. The van der Waals surface area contributed by atoms with Crippen LogP contribution in [0.3, 0.4) is 0 Å². The van der Waals surface area contributed by atoms with E-state index in [1.165, 1.54) is 11.0 Å².